The first-order chi connectivity index (χ1) is 7.59. The van der Waals surface area contributed by atoms with E-state index in [9.17, 15) is 26.3 Å². The Labute approximate surface area is 106 Å². The van der Waals surface area contributed by atoms with Crippen LogP contribution < -0.4 is 0 Å². The maximum atomic E-state index is 12.6. The summed E-state index contributed by atoms with van der Waals surface area (Å²) in [6, 6.07) is 1.29. The number of hydrogen-bond acceptors (Lipinski definition) is 0. The molecule has 96 valence electrons. The standard InChI is InChI=1S/C9H4BrClF6/c10-3-4-1-2-5(8(12,13)14)7(11)6(4)9(15,16)17/h1-2H,3H2. The Morgan fingerprint density at radius 2 is 1.53 bits per heavy atom. The van der Waals surface area contributed by atoms with E-state index < -0.39 is 28.5 Å². The van der Waals surface area contributed by atoms with Crippen molar-refractivity contribution < 1.29 is 26.3 Å². The fraction of sp³-hybridized carbons (Fsp3) is 0.333. The van der Waals surface area contributed by atoms with E-state index in [1.54, 1.807) is 0 Å². The molecule has 0 unspecified atom stereocenters. The summed E-state index contributed by atoms with van der Waals surface area (Å²) in [6.45, 7) is 0. The molecule has 0 atom stereocenters. The second-order valence-corrected chi connectivity index (χ2v) is 4.03. The first kappa shape index (κ1) is 14.6. The quantitative estimate of drug-likeness (QED) is 0.482. The van der Waals surface area contributed by atoms with E-state index in [0.29, 0.717) is 6.07 Å². The van der Waals surface area contributed by atoms with Crippen molar-refractivity contribution >= 4 is 27.5 Å². The third-order valence-electron chi connectivity index (χ3n) is 1.96. The Hall–Kier alpha value is -0.430. The van der Waals surface area contributed by atoms with Crippen LogP contribution in [0.3, 0.4) is 0 Å². The molecule has 8 heteroatoms. The molecule has 0 fully saturated rings. The molecular weight excluding hydrogens is 337 g/mol. The van der Waals surface area contributed by atoms with Crippen molar-refractivity contribution in [1.29, 1.82) is 0 Å². The molecule has 0 nitrogen and oxygen atoms in total. The second kappa shape index (κ2) is 4.68. The highest BCUT2D eigenvalue weighted by Crippen LogP contribution is 2.44. The smallest absolute Gasteiger partial charge is 0.166 e. The van der Waals surface area contributed by atoms with Gasteiger partial charge >= 0.3 is 12.4 Å². The van der Waals surface area contributed by atoms with E-state index in [1.165, 1.54) is 0 Å². The van der Waals surface area contributed by atoms with Gasteiger partial charge in [-0.2, -0.15) is 26.3 Å². The Kier molecular flexibility index (Phi) is 4.03. The third kappa shape index (κ3) is 3.07. The summed E-state index contributed by atoms with van der Waals surface area (Å²) in [5.41, 5.74) is -3.28. The van der Waals surface area contributed by atoms with Gasteiger partial charge in [-0.05, 0) is 11.6 Å². The normalized spacial score (nSPS) is 12.9. The molecule has 0 amide bonds. The third-order valence-corrected chi connectivity index (χ3v) is 2.96. The number of rotatable bonds is 1. The molecule has 0 aliphatic rings. The fourth-order valence-electron chi connectivity index (χ4n) is 1.25. The Bertz CT molecular complexity index is 423. The Morgan fingerprint density at radius 3 is 1.88 bits per heavy atom. The lowest BCUT2D eigenvalue weighted by molar-refractivity contribution is -0.143. The van der Waals surface area contributed by atoms with Crippen LogP contribution >= 0.6 is 27.5 Å². The summed E-state index contributed by atoms with van der Waals surface area (Å²) >= 11 is 7.97. The largest absolute Gasteiger partial charge is 0.418 e. The van der Waals surface area contributed by atoms with Crippen LogP contribution in [-0.4, -0.2) is 0 Å². The first-order valence-corrected chi connectivity index (χ1v) is 5.60. The highest BCUT2D eigenvalue weighted by molar-refractivity contribution is 9.08. The average Bonchev–Trinajstić information content (AvgIpc) is 2.12. The van der Waals surface area contributed by atoms with Crippen molar-refractivity contribution in [3.8, 4) is 0 Å². The zero-order chi connectivity index (χ0) is 13.4. The van der Waals surface area contributed by atoms with Crippen LogP contribution in [0.5, 0.6) is 0 Å². The van der Waals surface area contributed by atoms with Crippen LogP contribution in [0.4, 0.5) is 26.3 Å². The SMILES string of the molecule is FC(F)(F)c1ccc(CBr)c(C(F)(F)F)c1Cl. The molecule has 0 heterocycles. The van der Waals surface area contributed by atoms with Gasteiger partial charge in [-0.1, -0.05) is 33.6 Å². The molecule has 0 saturated carbocycles. The number of hydrogen-bond donors (Lipinski definition) is 0. The monoisotopic (exact) mass is 340 g/mol. The van der Waals surface area contributed by atoms with Gasteiger partial charge in [-0.3, -0.25) is 0 Å². The molecule has 0 spiro atoms. The van der Waals surface area contributed by atoms with E-state index in [-0.39, 0.29) is 10.9 Å². The summed E-state index contributed by atoms with van der Waals surface area (Å²) in [5.74, 6) is 0. The fourth-order valence-corrected chi connectivity index (χ4v) is 2.12. The molecule has 0 saturated heterocycles. The number of alkyl halides is 7. The number of halogens is 8. The highest BCUT2D eigenvalue weighted by Gasteiger charge is 2.41. The van der Waals surface area contributed by atoms with Gasteiger partial charge in [0.2, 0.25) is 0 Å². The van der Waals surface area contributed by atoms with Crippen molar-refractivity contribution in [2.45, 2.75) is 17.7 Å². The molecule has 0 N–H and O–H groups in total. The second-order valence-electron chi connectivity index (χ2n) is 3.09. The summed E-state index contributed by atoms with van der Waals surface area (Å²) < 4.78 is 74.9. The minimum absolute atomic E-state index is 0.236. The van der Waals surface area contributed by atoms with Gasteiger partial charge in [0.1, 0.15) is 0 Å². The van der Waals surface area contributed by atoms with Gasteiger partial charge in [0.25, 0.3) is 0 Å². The molecule has 1 aromatic carbocycles. The zero-order valence-electron chi connectivity index (χ0n) is 7.89. The van der Waals surface area contributed by atoms with Gasteiger partial charge in [-0.25, -0.2) is 0 Å². The van der Waals surface area contributed by atoms with Crippen molar-refractivity contribution in [1.82, 2.24) is 0 Å². The summed E-state index contributed by atoms with van der Waals surface area (Å²) in [6.07, 6.45) is -9.84. The summed E-state index contributed by atoms with van der Waals surface area (Å²) in [4.78, 5) is 0. The predicted octanol–water partition coefficient (Wildman–Crippen LogP) is 5.27. The molecule has 0 aliphatic carbocycles. The number of benzene rings is 1. The first-order valence-electron chi connectivity index (χ1n) is 4.10. The Morgan fingerprint density at radius 1 is 1.00 bits per heavy atom. The van der Waals surface area contributed by atoms with Crippen LogP contribution in [0.2, 0.25) is 5.02 Å². The Balaban J connectivity index is 3.55. The molecule has 1 rings (SSSR count). The van der Waals surface area contributed by atoms with Crippen molar-refractivity contribution in [3.05, 3.63) is 33.8 Å². The van der Waals surface area contributed by atoms with Crippen LogP contribution in [0.1, 0.15) is 16.7 Å². The van der Waals surface area contributed by atoms with Gasteiger partial charge in [0, 0.05) is 5.33 Å². The summed E-state index contributed by atoms with van der Waals surface area (Å²) in [7, 11) is 0. The van der Waals surface area contributed by atoms with Gasteiger partial charge in [0.05, 0.1) is 16.1 Å². The van der Waals surface area contributed by atoms with Gasteiger partial charge in [0.15, 0.2) is 0 Å². The van der Waals surface area contributed by atoms with E-state index in [2.05, 4.69) is 15.9 Å². The van der Waals surface area contributed by atoms with Crippen LogP contribution in [-0.2, 0) is 17.7 Å². The van der Waals surface area contributed by atoms with Crippen LogP contribution in [0, 0.1) is 0 Å². The predicted molar refractivity (Wildman–Crippen MR) is 54.1 cm³/mol. The van der Waals surface area contributed by atoms with Crippen molar-refractivity contribution in [2.75, 3.05) is 0 Å². The minimum atomic E-state index is -4.93. The molecule has 0 aromatic heterocycles. The molecule has 17 heavy (non-hydrogen) atoms. The maximum absolute atomic E-state index is 12.6. The zero-order valence-corrected chi connectivity index (χ0v) is 10.2. The highest BCUT2D eigenvalue weighted by atomic mass is 79.9. The molecule has 0 radical (unpaired) electrons. The van der Waals surface area contributed by atoms with Crippen molar-refractivity contribution in [3.63, 3.8) is 0 Å². The van der Waals surface area contributed by atoms with E-state index in [1.807, 2.05) is 0 Å². The van der Waals surface area contributed by atoms with E-state index in [4.69, 9.17) is 11.6 Å². The topological polar surface area (TPSA) is 0 Å². The molecule has 0 aliphatic heterocycles. The average molecular weight is 341 g/mol. The van der Waals surface area contributed by atoms with Crippen molar-refractivity contribution in [2.24, 2.45) is 0 Å². The molecule has 0 bridgehead atoms. The lowest BCUT2D eigenvalue weighted by Crippen LogP contribution is -2.14. The molecular formula is C9H4BrClF6. The maximum Gasteiger partial charge on any atom is 0.418 e. The lowest BCUT2D eigenvalue weighted by Gasteiger charge is -2.17. The minimum Gasteiger partial charge on any atom is -0.166 e. The van der Waals surface area contributed by atoms with Crippen LogP contribution in [0.25, 0.3) is 0 Å². The molecule has 1 aromatic rings. The van der Waals surface area contributed by atoms with E-state index >= 15 is 0 Å². The van der Waals surface area contributed by atoms with Gasteiger partial charge in [-0.15, -0.1) is 0 Å². The summed E-state index contributed by atoms with van der Waals surface area (Å²) in [5, 5.41) is -1.55. The van der Waals surface area contributed by atoms with Gasteiger partial charge < -0.3 is 0 Å². The lowest BCUT2D eigenvalue weighted by atomic mass is 10.0. The van der Waals surface area contributed by atoms with E-state index in [0.717, 1.165) is 6.07 Å². The van der Waals surface area contributed by atoms with Crippen LogP contribution in [0.15, 0.2) is 12.1 Å².